The van der Waals surface area contributed by atoms with Crippen molar-refractivity contribution in [3.63, 3.8) is 0 Å². The van der Waals surface area contributed by atoms with Gasteiger partial charge in [0.2, 0.25) is 0 Å². The van der Waals surface area contributed by atoms with Gasteiger partial charge in [0, 0.05) is 6.04 Å². The van der Waals surface area contributed by atoms with Crippen LogP contribution in [0.3, 0.4) is 0 Å². The lowest BCUT2D eigenvalue weighted by Gasteiger charge is -2.19. The fourth-order valence-corrected chi connectivity index (χ4v) is 2.32. The molecule has 1 heterocycles. The van der Waals surface area contributed by atoms with Crippen LogP contribution < -0.4 is 5.32 Å². The highest BCUT2D eigenvalue weighted by Crippen LogP contribution is 2.19. The zero-order chi connectivity index (χ0) is 11.4. The number of benzene rings is 1. The van der Waals surface area contributed by atoms with Crippen LogP contribution in [0.2, 0.25) is 0 Å². The van der Waals surface area contributed by atoms with Crippen molar-refractivity contribution in [3.05, 3.63) is 35.9 Å². The standard InChI is InChI=1S/C13H17NO2/c15-13(16)11(12-7-4-8-14-12)9-10-5-2-1-3-6-10/h1-3,5-6,11-12,14H,4,7-9H2,(H,15,16)/t11-,12-/m0/s1. The van der Waals surface area contributed by atoms with Crippen LogP contribution in [-0.2, 0) is 11.2 Å². The Bertz CT molecular complexity index is 344. The summed E-state index contributed by atoms with van der Waals surface area (Å²) in [6.45, 7) is 0.948. The highest BCUT2D eigenvalue weighted by atomic mass is 16.4. The lowest BCUT2D eigenvalue weighted by molar-refractivity contribution is -0.142. The van der Waals surface area contributed by atoms with Crippen LogP contribution >= 0.6 is 0 Å². The number of hydrogen-bond donors (Lipinski definition) is 2. The Balaban J connectivity index is 2.05. The van der Waals surface area contributed by atoms with E-state index >= 15 is 0 Å². The van der Waals surface area contributed by atoms with Gasteiger partial charge in [0.25, 0.3) is 0 Å². The molecule has 16 heavy (non-hydrogen) atoms. The van der Waals surface area contributed by atoms with Crippen molar-refractivity contribution in [1.29, 1.82) is 0 Å². The molecule has 0 unspecified atom stereocenters. The molecule has 1 aliphatic heterocycles. The van der Waals surface area contributed by atoms with E-state index in [4.69, 9.17) is 0 Å². The lowest BCUT2D eigenvalue weighted by atomic mass is 9.91. The number of nitrogens with one attached hydrogen (secondary N) is 1. The fraction of sp³-hybridized carbons (Fsp3) is 0.462. The second-order valence-electron chi connectivity index (χ2n) is 4.34. The molecule has 0 saturated carbocycles. The Morgan fingerprint density at radius 2 is 2.19 bits per heavy atom. The first-order valence-electron chi connectivity index (χ1n) is 5.77. The van der Waals surface area contributed by atoms with E-state index in [1.54, 1.807) is 0 Å². The summed E-state index contributed by atoms with van der Waals surface area (Å²) in [6, 6.07) is 9.98. The first-order valence-corrected chi connectivity index (χ1v) is 5.77. The molecule has 3 nitrogen and oxygen atoms in total. The summed E-state index contributed by atoms with van der Waals surface area (Å²) in [5.41, 5.74) is 1.10. The average Bonchev–Trinajstić information content (AvgIpc) is 2.80. The lowest BCUT2D eigenvalue weighted by Crippen LogP contribution is -2.36. The molecule has 0 aromatic heterocycles. The molecule has 2 rings (SSSR count). The summed E-state index contributed by atoms with van der Waals surface area (Å²) in [6.07, 6.45) is 2.68. The van der Waals surface area contributed by atoms with E-state index in [9.17, 15) is 9.90 Å². The summed E-state index contributed by atoms with van der Waals surface area (Å²) >= 11 is 0. The van der Waals surface area contributed by atoms with E-state index < -0.39 is 5.97 Å². The molecule has 1 fully saturated rings. The van der Waals surface area contributed by atoms with Gasteiger partial charge in [-0.15, -0.1) is 0 Å². The topological polar surface area (TPSA) is 49.3 Å². The molecular formula is C13H17NO2. The SMILES string of the molecule is O=C(O)[C@@H](Cc1ccccc1)[C@@H]1CCCN1. The molecule has 2 N–H and O–H groups in total. The third-order valence-corrected chi connectivity index (χ3v) is 3.20. The van der Waals surface area contributed by atoms with Gasteiger partial charge in [-0.3, -0.25) is 4.79 Å². The van der Waals surface area contributed by atoms with Gasteiger partial charge >= 0.3 is 5.97 Å². The fourth-order valence-electron chi connectivity index (χ4n) is 2.32. The van der Waals surface area contributed by atoms with Crippen molar-refractivity contribution in [3.8, 4) is 0 Å². The van der Waals surface area contributed by atoms with Gasteiger partial charge in [0.1, 0.15) is 0 Å². The predicted molar refractivity (Wildman–Crippen MR) is 62.3 cm³/mol. The zero-order valence-corrected chi connectivity index (χ0v) is 9.23. The third-order valence-electron chi connectivity index (χ3n) is 3.20. The van der Waals surface area contributed by atoms with E-state index in [2.05, 4.69) is 5.32 Å². The van der Waals surface area contributed by atoms with Crippen molar-refractivity contribution in [1.82, 2.24) is 5.32 Å². The molecule has 3 heteroatoms. The molecule has 2 atom stereocenters. The Labute approximate surface area is 95.5 Å². The Hall–Kier alpha value is -1.35. The van der Waals surface area contributed by atoms with Crippen molar-refractivity contribution in [2.75, 3.05) is 6.54 Å². The van der Waals surface area contributed by atoms with Crippen LogP contribution in [0.4, 0.5) is 0 Å². The van der Waals surface area contributed by atoms with Crippen LogP contribution in [-0.4, -0.2) is 23.7 Å². The van der Waals surface area contributed by atoms with Gasteiger partial charge in [-0.2, -0.15) is 0 Å². The maximum atomic E-state index is 11.3. The van der Waals surface area contributed by atoms with Crippen molar-refractivity contribution in [2.45, 2.75) is 25.3 Å². The summed E-state index contributed by atoms with van der Waals surface area (Å²) in [5, 5.41) is 12.5. The van der Waals surface area contributed by atoms with Gasteiger partial charge in [-0.1, -0.05) is 30.3 Å². The van der Waals surface area contributed by atoms with Crippen molar-refractivity contribution >= 4 is 5.97 Å². The van der Waals surface area contributed by atoms with Gasteiger partial charge in [-0.25, -0.2) is 0 Å². The van der Waals surface area contributed by atoms with Crippen LogP contribution in [0.1, 0.15) is 18.4 Å². The van der Waals surface area contributed by atoms with E-state index in [1.807, 2.05) is 30.3 Å². The highest BCUT2D eigenvalue weighted by molar-refractivity contribution is 5.71. The second-order valence-corrected chi connectivity index (χ2v) is 4.34. The van der Waals surface area contributed by atoms with Crippen LogP contribution in [0, 0.1) is 5.92 Å². The summed E-state index contributed by atoms with van der Waals surface area (Å²) < 4.78 is 0. The molecule has 0 radical (unpaired) electrons. The first-order chi connectivity index (χ1) is 7.77. The maximum absolute atomic E-state index is 11.3. The summed E-state index contributed by atoms with van der Waals surface area (Å²) in [5.74, 6) is -0.992. The minimum absolute atomic E-state index is 0.137. The molecule has 1 aliphatic rings. The smallest absolute Gasteiger partial charge is 0.308 e. The molecule has 0 amide bonds. The maximum Gasteiger partial charge on any atom is 0.308 e. The number of carbonyl (C=O) groups is 1. The number of aliphatic carboxylic acids is 1. The molecule has 0 aliphatic carbocycles. The number of carboxylic acid groups (broad SMARTS) is 1. The molecule has 1 aromatic rings. The molecule has 86 valence electrons. The molecule has 0 spiro atoms. The monoisotopic (exact) mass is 219 g/mol. The molecular weight excluding hydrogens is 202 g/mol. The number of carboxylic acids is 1. The normalized spacial score (nSPS) is 21.9. The predicted octanol–water partition coefficient (Wildman–Crippen LogP) is 1.68. The van der Waals surface area contributed by atoms with Crippen molar-refractivity contribution < 1.29 is 9.90 Å². The van der Waals surface area contributed by atoms with Crippen LogP contribution in [0.15, 0.2) is 30.3 Å². The molecule has 1 saturated heterocycles. The Kier molecular flexibility index (Phi) is 3.57. The highest BCUT2D eigenvalue weighted by Gasteiger charge is 2.30. The minimum atomic E-state index is -0.691. The Morgan fingerprint density at radius 3 is 2.75 bits per heavy atom. The van der Waals surface area contributed by atoms with E-state index in [-0.39, 0.29) is 12.0 Å². The van der Waals surface area contributed by atoms with E-state index in [0.717, 1.165) is 24.9 Å². The Morgan fingerprint density at radius 1 is 1.44 bits per heavy atom. The van der Waals surface area contributed by atoms with Crippen LogP contribution in [0.5, 0.6) is 0 Å². The second kappa shape index (κ2) is 5.12. The molecule has 0 bridgehead atoms. The van der Waals surface area contributed by atoms with Crippen molar-refractivity contribution in [2.24, 2.45) is 5.92 Å². The summed E-state index contributed by atoms with van der Waals surface area (Å²) in [4.78, 5) is 11.3. The van der Waals surface area contributed by atoms with E-state index in [1.165, 1.54) is 0 Å². The zero-order valence-electron chi connectivity index (χ0n) is 9.23. The number of rotatable bonds is 4. The first kappa shape index (κ1) is 11.1. The third kappa shape index (κ3) is 2.61. The quantitative estimate of drug-likeness (QED) is 0.810. The van der Waals surface area contributed by atoms with Gasteiger partial charge in [0.05, 0.1) is 5.92 Å². The molecule has 1 aromatic carbocycles. The van der Waals surface area contributed by atoms with Gasteiger partial charge in [0.15, 0.2) is 0 Å². The average molecular weight is 219 g/mol. The minimum Gasteiger partial charge on any atom is -0.481 e. The van der Waals surface area contributed by atoms with Gasteiger partial charge < -0.3 is 10.4 Å². The van der Waals surface area contributed by atoms with E-state index in [0.29, 0.717) is 6.42 Å². The summed E-state index contributed by atoms with van der Waals surface area (Å²) in [7, 11) is 0. The number of hydrogen-bond acceptors (Lipinski definition) is 2. The van der Waals surface area contributed by atoms with Gasteiger partial charge in [-0.05, 0) is 31.4 Å². The van der Waals surface area contributed by atoms with Crippen LogP contribution in [0.25, 0.3) is 0 Å². The largest absolute Gasteiger partial charge is 0.481 e.